The van der Waals surface area contributed by atoms with Gasteiger partial charge in [0.05, 0.1) is 28.6 Å². The van der Waals surface area contributed by atoms with Crippen molar-refractivity contribution in [2.24, 2.45) is 0 Å². The minimum atomic E-state index is -4.50. The Morgan fingerprint density at radius 2 is 1.77 bits per heavy atom. The summed E-state index contributed by atoms with van der Waals surface area (Å²) in [7, 11) is -3.90. The Balaban J connectivity index is 1.21. The van der Waals surface area contributed by atoms with E-state index in [-0.39, 0.29) is 42.2 Å². The van der Waals surface area contributed by atoms with Crippen molar-refractivity contribution in [2.75, 3.05) is 30.3 Å². The number of amides is 1. The Morgan fingerprint density at radius 3 is 2.40 bits per heavy atom. The number of benzene rings is 1. The van der Waals surface area contributed by atoms with Crippen LogP contribution in [0.5, 0.6) is 0 Å². The molecule has 2 aromatic heterocycles. The summed E-state index contributed by atoms with van der Waals surface area (Å²) in [6, 6.07) is 11.4. The molecule has 5 rings (SSSR count). The van der Waals surface area contributed by atoms with Gasteiger partial charge in [0.2, 0.25) is 15.9 Å². The normalized spacial score (nSPS) is 22.1. The van der Waals surface area contributed by atoms with E-state index < -0.39 is 33.9 Å². The van der Waals surface area contributed by atoms with Crippen LogP contribution in [0.15, 0.2) is 65.8 Å². The number of nitrogens with zero attached hydrogens (tertiary/aromatic N) is 3. The van der Waals surface area contributed by atoms with Crippen molar-refractivity contribution < 1.29 is 31.5 Å². The molecule has 2 aliphatic rings. The number of nitrogens with one attached hydrogen (secondary N) is 3. The third-order valence-corrected chi connectivity index (χ3v) is 8.76. The molecule has 0 radical (unpaired) electrons. The minimum Gasteiger partial charge on any atom is -0.390 e. The highest BCUT2D eigenvalue weighted by atomic mass is 32.2. The first-order valence-electron chi connectivity index (χ1n) is 12.6. The van der Waals surface area contributed by atoms with Gasteiger partial charge in [-0.2, -0.15) is 17.5 Å². The number of aromatic nitrogens is 2. The number of β-amino-alcohol motifs (C(OH)–C–C–N with tert-alkyl or cyclic N) is 1. The SMILES string of the molecule is O=C1C[C@H](Nc2cc(-c3ccc(S(=O)(=O)N4CC[C@@H](Nc5ccc(C(F)(F)F)cn5)[C@@H](O)C4)cc3)ccn2)CN1. The van der Waals surface area contributed by atoms with Gasteiger partial charge in [-0.05, 0) is 53.9 Å². The number of carbonyl (C=O) groups excluding carboxylic acids is 1. The van der Waals surface area contributed by atoms with Crippen molar-refractivity contribution in [1.29, 1.82) is 0 Å². The lowest BCUT2D eigenvalue weighted by Crippen LogP contribution is -2.51. The smallest absolute Gasteiger partial charge is 0.390 e. The zero-order chi connectivity index (χ0) is 28.5. The van der Waals surface area contributed by atoms with Crippen LogP contribution >= 0.6 is 0 Å². The maximum atomic E-state index is 13.3. The second-order valence-corrected chi connectivity index (χ2v) is 11.6. The Bertz CT molecular complexity index is 1470. The highest BCUT2D eigenvalue weighted by molar-refractivity contribution is 7.89. The van der Waals surface area contributed by atoms with Gasteiger partial charge in [-0.1, -0.05) is 12.1 Å². The number of anilines is 2. The van der Waals surface area contributed by atoms with Gasteiger partial charge in [0, 0.05) is 38.4 Å². The van der Waals surface area contributed by atoms with Crippen LogP contribution in [-0.4, -0.2) is 71.5 Å². The molecule has 0 aliphatic carbocycles. The van der Waals surface area contributed by atoms with Gasteiger partial charge >= 0.3 is 6.18 Å². The predicted molar refractivity (Wildman–Crippen MR) is 141 cm³/mol. The summed E-state index contributed by atoms with van der Waals surface area (Å²) in [6.07, 6.45) is -2.66. The van der Waals surface area contributed by atoms with Gasteiger partial charge in [-0.15, -0.1) is 0 Å². The van der Waals surface area contributed by atoms with E-state index in [9.17, 15) is 31.5 Å². The summed E-state index contributed by atoms with van der Waals surface area (Å²) in [5, 5.41) is 19.5. The number of aliphatic hydroxyl groups excluding tert-OH is 1. The zero-order valence-corrected chi connectivity index (χ0v) is 21.9. The lowest BCUT2D eigenvalue weighted by atomic mass is 10.0. The number of sulfonamides is 1. The molecular weight excluding hydrogens is 549 g/mol. The third kappa shape index (κ3) is 6.18. The molecule has 2 aliphatic heterocycles. The number of hydrogen-bond acceptors (Lipinski definition) is 8. The molecular formula is C26H27F3N6O4S. The highest BCUT2D eigenvalue weighted by Crippen LogP contribution is 2.30. The minimum absolute atomic E-state index is 0.0189. The first-order chi connectivity index (χ1) is 19.0. The Morgan fingerprint density at radius 1 is 1.00 bits per heavy atom. The van der Waals surface area contributed by atoms with Gasteiger partial charge < -0.3 is 21.1 Å². The number of alkyl halides is 3. The fourth-order valence-electron chi connectivity index (χ4n) is 4.70. The summed E-state index contributed by atoms with van der Waals surface area (Å²) in [6.45, 7) is 0.447. The van der Waals surface area contributed by atoms with E-state index in [2.05, 4.69) is 25.9 Å². The molecule has 0 spiro atoms. The highest BCUT2D eigenvalue weighted by Gasteiger charge is 2.35. The van der Waals surface area contributed by atoms with Crippen molar-refractivity contribution in [3.05, 3.63) is 66.5 Å². The molecule has 10 nitrogen and oxygen atoms in total. The van der Waals surface area contributed by atoms with Gasteiger partial charge in [0.25, 0.3) is 0 Å². The number of rotatable bonds is 7. The molecule has 2 fully saturated rings. The predicted octanol–water partition coefficient (Wildman–Crippen LogP) is 2.70. The average Bonchev–Trinajstić information content (AvgIpc) is 3.34. The second kappa shape index (κ2) is 11.0. The maximum Gasteiger partial charge on any atom is 0.417 e. The number of halogens is 3. The van der Waals surface area contributed by atoms with Gasteiger partial charge in [0.1, 0.15) is 11.6 Å². The fourth-order valence-corrected chi connectivity index (χ4v) is 6.17. The molecule has 14 heteroatoms. The molecule has 0 bridgehead atoms. The van der Waals surface area contributed by atoms with Gasteiger partial charge in [-0.25, -0.2) is 18.4 Å². The Kier molecular flexibility index (Phi) is 7.66. The van der Waals surface area contributed by atoms with Crippen LogP contribution in [0.1, 0.15) is 18.4 Å². The fraction of sp³-hybridized carbons (Fsp3) is 0.346. The van der Waals surface area contributed by atoms with E-state index >= 15 is 0 Å². The van der Waals surface area contributed by atoms with Crippen molar-refractivity contribution in [1.82, 2.24) is 19.6 Å². The van der Waals surface area contributed by atoms with Gasteiger partial charge in [-0.3, -0.25) is 4.79 Å². The average molecular weight is 577 g/mol. The van der Waals surface area contributed by atoms with Crippen LogP contribution in [0.2, 0.25) is 0 Å². The van der Waals surface area contributed by atoms with Crippen molar-refractivity contribution in [3.63, 3.8) is 0 Å². The summed E-state index contributed by atoms with van der Waals surface area (Å²) in [4.78, 5) is 19.6. The summed E-state index contributed by atoms with van der Waals surface area (Å²) < 4.78 is 66.0. The van der Waals surface area contributed by atoms with Crippen molar-refractivity contribution in [2.45, 2.75) is 42.1 Å². The molecule has 212 valence electrons. The molecule has 3 aromatic rings. The first-order valence-corrected chi connectivity index (χ1v) is 14.0. The monoisotopic (exact) mass is 576 g/mol. The third-order valence-electron chi connectivity index (χ3n) is 6.88. The summed E-state index contributed by atoms with van der Waals surface area (Å²) in [5.74, 6) is 0.745. The van der Waals surface area contributed by atoms with Gasteiger partial charge in [0.15, 0.2) is 0 Å². The van der Waals surface area contributed by atoms with Crippen LogP contribution in [-0.2, 0) is 21.0 Å². The molecule has 4 N–H and O–H groups in total. The Hall–Kier alpha value is -3.75. The number of aliphatic hydroxyl groups is 1. The lowest BCUT2D eigenvalue weighted by molar-refractivity contribution is -0.137. The first kappa shape index (κ1) is 27.8. The number of pyridine rings is 2. The number of piperidine rings is 1. The van der Waals surface area contributed by atoms with Crippen molar-refractivity contribution in [3.8, 4) is 11.1 Å². The molecule has 2 saturated heterocycles. The second-order valence-electron chi connectivity index (χ2n) is 9.70. The quantitative estimate of drug-likeness (QED) is 0.337. The standard InChI is InChI=1S/C26H27F3N6O4S/c27-26(28,29)18-3-6-23(31-13-18)34-21-8-10-35(15-22(21)36)40(38,39)20-4-1-16(2-5-20)17-7-9-30-24(11-17)33-19-12-25(37)32-14-19/h1-7,9,11,13,19,21-22,36H,8,10,12,14-15H2,(H,30,33)(H,31,34)(H,32,37)/t19-,21+,22-/m0/s1. The van der Waals surface area contributed by atoms with Crippen LogP contribution in [0.3, 0.4) is 0 Å². The van der Waals surface area contributed by atoms with Crippen LogP contribution < -0.4 is 16.0 Å². The molecule has 0 unspecified atom stereocenters. The zero-order valence-electron chi connectivity index (χ0n) is 21.1. The summed E-state index contributed by atoms with van der Waals surface area (Å²) in [5.41, 5.74) is 0.709. The largest absolute Gasteiger partial charge is 0.417 e. The van der Waals surface area contributed by atoms with E-state index in [0.717, 1.165) is 17.2 Å². The number of carbonyl (C=O) groups is 1. The molecule has 1 aromatic carbocycles. The number of hydrogen-bond donors (Lipinski definition) is 4. The molecule has 4 heterocycles. The van der Waals surface area contributed by atoms with Crippen molar-refractivity contribution >= 4 is 27.6 Å². The van der Waals surface area contributed by atoms with E-state index in [1.165, 1.54) is 22.5 Å². The van der Waals surface area contributed by atoms with E-state index in [1.807, 2.05) is 6.07 Å². The summed E-state index contributed by atoms with van der Waals surface area (Å²) >= 11 is 0. The van der Waals surface area contributed by atoms with Crippen LogP contribution in [0, 0.1) is 0 Å². The molecule has 40 heavy (non-hydrogen) atoms. The topological polar surface area (TPSA) is 137 Å². The lowest BCUT2D eigenvalue weighted by Gasteiger charge is -2.35. The van der Waals surface area contributed by atoms with Crippen LogP contribution in [0.4, 0.5) is 24.8 Å². The van der Waals surface area contributed by atoms with Crippen LogP contribution in [0.25, 0.3) is 11.1 Å². The Labute approximate surface area is 228 Å². The van der Waals surface area contributed by atoms with E-state index in [4.69, 9.17) is 0 Å². The molecule has 0 saturated carbocycles. The molecule has 1 amide bonds. The maximum absolute atomic E-state index is 13.3. The molecule has 3 atom stereocenters. The van der Waals surface area contributed by atoms with E-state index in [0.29, 0.717) is 25.0 Å². The van der Waals surface area contributed by atoms with E-state index in [1.54, 1.807) is 24.4 Å².